The second kappa shape index (κ2) is 12.5. The lowest BCUT2D eigenvalue weighted by molar-refractivity contribution is 0.286. The van der Waals surface area contributed by atoms with Gasteiger partial charge in [0.2, 0.25) is 0 Å². The van der Waals surface area contributed by atoms with Gasteiger partial charge in [0.15, 0.2) is 0 Å². The first-order chi connectivity index (χ1) is 10.7. The Morgan fingerprint density at radius 1 is 1.00 bits per heavy atom. The van der Waals surface area contributed by atoms with Gasteiger partial charge in [0, 0.05) is 12.1 Å². The van der Waals surface area contributed by atoms with E-state index < -0.39 is 0 Å². The fraction of sp³-hybridized carbons (Fsp3) is 0.700. The summed E-state index contributed by atoms with van der Waals surface area (Å²) in [5, 5.41) is 3.55. The maximum Gasteiger partial charge on any atom is 0.123 e. The molecule has 0 atom stereocenters. The number of benzene rings is 1. The van der Waals surface area contributed by atoms with Crippen LogP contribution < -0.4 is 10.1 Å². The Morgan fingerprint density at radius 3 is 2.50 bits per heavy atom. The van der Waals surface area contributed by atoms with E-state index in [1.807, 2.05) is 0 Å². The summed E-state index contributed by atoms with van der Waals surface area (Å²) in [5.74, 6) is 1.73. The molecule has 0 saturated heterocycles. The molecule has 0 saturated carbocycles. The van der Waals surface area contributed by atoms with Crippen molar-refractivity contribution in [1.29, 1.82) is 0 Å². The van der Waals surface area contributed by atoms with Crippen molar-refractivity contribution in [1.82, 2.24) is 5.32 Å². The summed E-state index contributed by atoms with van der Waals surface area (Å²) < 4.78 is 5.93. The highest BCUT2D eigenvalue weighted by Crippen LogP contribution is 2.18. The average molecular weight is 306 g/mol. The van der Waals surface area contributed by atoms with Crippen LogP contribution in [0, 0.1) is 5.92 Å². The molecule has 0 amide bonds. The molecule has 1 aromatic rings. The molecule has 0 radical (unpaired) electrons. The molecule has 0 aliphatic heterocycles. The molecule has 0 aliphatic rings. The molecule has 2 heteroatoms. The summed E-state index contributed by atoms with van der Waals surface area (Å²) in [6.45, 7) is 9.56. The standard InChI is InChI=1S/C20H35NO/c1-4-5-6-7-8-11-15-21-17-19-12-9-10-13-20(19)22-16-14-18(2)3/h9-10,12-13,18,21H,4-8,11,14-17H2,1-3H3. The maximum absolute atomic E-state index is 5.93. The van der Waals surface area contributed by atoms with E-state index in [-0.39, 0.29) is 0 Å². The van der Waals surface area contributed by atoms with Gasteiger partial charge in [-0.05, 0) is 31.4 Å². The fourth-order valence-electron chi connectivity index (χ4n) is 2.45. The molecule has 22 heavy (non-hydrogen) atoms. The summed E-state index contributed by atoms with van der Waals surface area (Å²) >= 11 is 0. The Bertz CT molecular complexity index is 376. The van der Waals surface area contributed by atoms with Crippen molar-refractivity contribution < 1.29 is 4.74 Å². The number of ether oxygens (including phenoxy) is 1. The Balaban J connectivity index is 2.19. The minimum Gasteiger partial charge on any atom is -0.493 e. The zero-order valence-corrected chi connectivity index (χ0v) is 14.9. The molecule has 0 spiro atoms. The van der Waals surface area contributed by atoms with Gasteiger partial charge < -0.3 is 10.1 Å². The van der Waals surface area contributed by atoms with Crippen LogP contribution in [0.15, 0.2) is 24.3 Å². The van der Waals surface area contributed by atoms with E-state index >= 15 is 0 Å². The number of hydrogen-bond donors (Lipinski definition) is 1. The predicted molar refractivity (Wildman–Crippen MR) is 96.5 cm³/mol. The van der Waals surface area contributed by atoms with Crippen LogP contribution in [0.2, 0.25) is 0 Å². The smallest absolute Gasteiger partial charge is 0.123 e. The van der Waals surface area contributed by atoms with Crippen LogP contribution in [-0.4, -0.2) is 13.2 Å². The van der Waals surface area contributed by atoms with Gasteiger partial charge in [-0.15, -0.1) is 0 Å². The van der Waals surface area contributed by atoms with E-state index in [9.17, 15) is 0 Å². The largest absolute Gasteiger partial charge is 0.493 e. The van der Waals surface area contributed by atoms with Gasteiger partial charge in [0.25, 0.3) is 0 Å². The number of hydrogen-bond acceptors (Lipinski definition) is 2. The Kier molecular flexibility index (Phi) is 10.8. The maximum atomic E-state index is 5.93. The van der Waals surface area contributed by atoms with Gasteiger partial charge in [-0.2, -0.15) is 0 Å². The van der Waals surface area contributed by atoms with Crippen molar-refractivity contribution in [2.45, 2.75) is 72.3 Å². The Hall–Kier alpha value is -1.02. The SMILES string of the molecule is CCCCCCCCNCc1ccccc1OCCC(C)C. The third-order valence-corrected chi connectivity index (χ3v) is 3.95. The lowest BCUT2D eigenvalue weighted by Crippen LogP contribution is -2.15. The first-order valence-corrected chi connectivity index (χ1v) is 9.15. The molecule has 0 heterocycles. The van der Waals surface area contributed by atoms with Crippen molar-refractivity contribution in [3.05, 3.63) is 29.8 Å². The predicted octanol–water partition coefficient (Wildman–Crippen LogP) is 5.56. The zero-order chi connectivity index (χ0) is 16.0. The van der Waals surface area contributed by atoms with Crippen molar-refractivity contribution in [3.8, 4) is 5.75 Å². The van der Waals surface area contributed by atoms with Crippen LogP contribution >= 0.6 is 0 Å². The van der Waals surface area contributed by atoms with Crippen LogP contribution in [0.1, 0.15) is 71.3 Å². The molecule has 0 bridgehead atoms. The van der Waals surface area contributed by atoms with E-state index in [0.29, 0.717) is 5.92 Å². The average Bonchev–Trinajstić information content (AvgIpc) is 2.51. The Labute approximate surface area is 137 Å². The minimum atomic E-state index is 0.693. The third kappa shape index (κ3) is 9.09. The van der Waals surface area contributed by atoms with Crippen LogP contribution in [-0.2, 0) is 6.54 Å². The monoisotopic (exact) mass is 305 g/mol. The second-order valence-corrected chi connectivity index (χ2v) is 6.58. The lowest BCUT2D eigenvalue weighted by Gasteiger charge is -2.13. The van der Waals surface area contributed by atoms with E-state index in [4.69, 9.17) is 4.74 Å². The number of unbranched alkanes of at least 4 members (excludes halogenated alkanes) is 5. The molecule has 0 aliphatic carbocycles. The summed E-state index contributed by atoms with van der Waals surface area (Å²) in [7, 11) is 0. The number of rotatable bonds is 13. The minimum absolute atomic E-state index is 0.693. The van der Waals surface area contributed by atoms with Gasteiger partial charge in [0.1, 0.15) is 5.75 Å². The van der Waals surface area contributed by atoms with Crippen molar-refractivity contribution in [2.24, 2.45) is 5.92 Å². The normalized spacial score (nSPS) is 11.1. The van der Waals surface area contributed by atoms with Gasteiger partial charge >= 0.3 is 0 Å². The quantitative estimate of drug-likeness (QED) is 0.482. The molecule has 1 N–H and O–H groups in total. The first-order valence-electron chi connectivity index (χ1n) is 9.15. The van der Waals surface area contributed by atoms with E-state index in [2.05, 4.69) is 50.4 Å². The van der Waals surface area contributed by atoms with Gasteiger partial charge in [-0.25, -0.2) is 0 Å². The topological polar surface area (TPSA) is 21.3 Å². The van der Waals surface area contributed by atoms with Crippen LogP contribution in [0.4, 0.5) is 0 Å². The van der Waals surface area contributed by atoms with Crippen LogP contribution in [0.25, 0.3) is 0 Å². The summed E-state index contributed by atoms with van der Waals surface area (Å²) in [6.07, 6.45) is 9.22. The fourth-order valence-corrected chi connectivity index (χ4v) is 2.45. The summed E-state index contributed by atoms with van der Waals surface area (Å²) in [6, 6.07) is 8.40. The van der Waals surface area contributed by atoms with E-state index in [1.165, 1.54) is 44.1 Å². The highest BCUT2D eigenvalue weighted by Gasteiger charge is 2.03. The lowest BCUT2D eigenvalue weighted by atomic mass is 10.1. The molecule has 1 rings (SSSR count). The number of para-hydroxylation sites is 1. The second-order valence-electron chi connectivity index (χ2n) is 6.58. The molecule has 0 unspecified atom stereocenters. The molecule has 126 valence electrons. The molecular formula is C20H35NO. The molecular weight excluding hydrogens is 270 g/mol. The molecule has 0 fully saturated rings. The van der Waals surface area contributed by atoms with Crippen molar-refractivity contribution in [2.75, 3.05) is 13.2 Å². The molecule has 1 aromatic carbocycles. The highest BCUT2D eigenvalue weighted by atomic mass is 16.5. The van der Waals surface area contributed by atoms with Crippen LogP contribution in [0.3, 0.4) is 0 Å². The molecule has 0 aromatic heterocycles. The summed E-state index contributed by atoms with van der Waals surface area (Å²) in [5.41, 5.74) is 1.28. The van der Waals surface area contributed by atoms with Crippen molar-refractivity contribution >= 4 is 0 Å². The van der Waals surface area contributed by atoms with Gasteiger partial charge in [-0.3, -0.25) is 0 Å². The first kappa shape index (κ1) is 19.0. The summed E-state index contributed by atoms with van der Waals surface area (Å²) in [4.78, 5) is 0. The van der Waals surface area contributed by atoms with Crippen LogP contribution in [0.5, 0.6) is 5.75 Å². The zero-order valence-electron chi connectivity index (χ0n) is 14.9. The van der Waals surface area contributed by atoms with E-state index in [0.717, 1.165) is 31.9 Å². The van der Waals surface area contributed by atoms with E-state index in [1.54, 1.807) is 0 Å². The van der Waals surface area contributed by atoms with Crippen molar-refractivity contribution in [3.63, 3.8) is 0 Å². The highest BCUT2D eigenvalue weighted by molar-refractivity contribution is 5.33. The molecule has 2 nitrogen and oxygen atoms in total. The van der Waals surface area contributed by atoms with Gasteiger partial charge in [0.05, 0.1) is 6.61 Å². The Morgan fingerprint density at radius 2 is 1.73 bits per heavy atom. The number of nitrogens with one attached hydrogen (secondary N) is 1. The van der Waals surface area contributed by atoms with Gasteiger partial charge in [-0.1, -0.05) is 71.1 Å². The third-order valence-electron chi connectivity index (χ3n) is 3.95.